The second kappa shape index (κ2) is 8.90. The molecule has 19 heavy (non-hydrogen) atoms. The Morgan fingerprint density at radius 1 is 1.37 bits per heavy atom. The Bertz CT molecular complexity index is 232. The fourth-order valence-corrected chi connectivity index (χ4v) is 3.29. The molecule has 0 saturated heterocycles. The molecule has 2 N–H and O–H groups in total. The molecule has 2 unspecified atom stereocenters. The molecule has 0 aromatic rings. The van der Waals surface area contributed by atoms with Gasteiger partial charge in [0.2, 0.25) is 0 Å². The van der Waals surface area contributed by atoms with Gasteiger partial charge < -0.3 is 20.1 Å². The molecule has 1 rings (SSSR count). The van der Waals surface area contributed by atoms with E-state index in [1.165, 1.54) is 19.3 Å². The van der Waals surface area contributed by atoms with Crippen LogP contribution in [-0.2, 0) is 4.74 Å². The van der Waals surface area contributed by atoms with Crippen molar-refractivity contribution in [3.63, 3.8) is 0 Å². The van der Waals surface area contributed by atoms with Gasteiger partial charge in [-0.15, -0.1) is 0 Å². The standard InChI is InChI=1S/C15H32N2O2/c1-4-17(11-12-19-5-2)10-8-14-7-6-9-15(14,13-18)16-3/h14,16,18H,4-13H2,1-3H3. The summed E-state index contributed by atoms with van der Waals surface area (Å²) < 4.78 is 5.43. The third-order valence-electron chi connectivity index (χ3n) is 4.73. The molecule has 0 bridgehead atoms. The van der Waals surface area contributed by atoms with Crippen LogP contribution in [0.15, 0.2) is 0 Å². The summed E-state index contributed by atoms with van der Waals surface area (Å²) in [5, 5.41) is 13.1. The van der Waals surface area contributed by atoms with Gasteiger partial charge in [-0.25, -0.2) is 0 Å². The van der Waals surface area contributed by atoms with E-state index in [1.807, 2.05) is 14.0 Å². The van der Waals surface area contributed by atoms with Crippen molar-refractivity contribution in [1.29, 1.82) is 0 Å². The number of hydrogen-bond donors (Lipinski definition) is 2. The van der Waals surface area contributed by atoms with Gasteiger partial charge in [-0.2, -0.15) is 0 Å². The lowest BCUT2D eigenvalue weighted by atomic mass is 9.85. The number of rotatable bonds is 10. The van der Waals surface area contributed by atoms with E-state index in [1.54, 1.807) is 0 Å². The topological polar surface area (TPSA) is 44.7 Å². The zero-order chi connectivity index (χ0) is 14.1. The first-order chi connectivity index (χ1) is 9.22. The van der Waals surface area contributed by atoms with E-state index in [2.05, 4.69) is 17.1 Å². The number of aliphatic hydroxyl groups excluding tert-OH is 1. The maximum Gasteiger partial charge on any atom is 0.0615 e. The Morgan fingerprint density at radius 3 is 2.74 bits per heavy atom. The molecule has 1 fully saturated rings. The van der Waals surface area contributed by atoms with E-state index in [9.17, 15) is 5.11 Å². The number of nitrogens with zero attached hydrogens (tertiary/aromatic N) is 1. The van der Waals surface area contributed by atoms with Gasteiger partial charge >= 0.3 is 0 Å². The lowest BCUT2D eigenvalue weighted by Gasteiger charge is -2.35. The molecule has 0 aliphatic heterocycles. The number of likely N-dealkylation sites (N-methyl/N-ethyl adjacent to an activating group) is 2. The highest BCUT2D eigenvalue weighted by Crippen LogP contribution is 2.37. The summed E-state index contributed by atoms with van der Waals surface area (Å²) in [6, 6.07) is 0. The number of hydrogen-bond acceptors (Lipinski definition) is 4. The first-order valence-corrected chi connectivity index (χ1v) is 7.82. The normalized spacial score (nSPS) is 27.3. The average Bonchev–Trinajstić information content (AvgIpc) is 2.86. The van der Waals surface area contributed by atoms with Gasteiger partial charge in [0.25, 0.3) is 0 Å². The summed E-state index contributed by atoms with van der Waals surface area (Å²) in [4.78, 5) is 2.45. The van der Waals surface area contributed by atoms with Gasteiger partial charge in [0, 0.05) is 18.7 Å². The quantitative estimate of drug-likeness (QED) is 0.591. The van der Waals surface area contributed by atoms with Crippen molar-refractivity contribution in [1.82, 2.24) is 10.2 Å². The highest BCUT2D eigenvalue weighted by Gasteiger charge is 2.40. The van der Waals surface area contributed by atoms with Crippen LogP contribution < -0.4 is 5.32 Å². The molecule has 0 heterocycles. The summed E-state index contributed by atoms with van der Waals surface area (Å²) in [5.74, 6) is 0.601. The summed E-state index contributed by atoms with van der Waals surface area (Å²) in [6.45, 7) is 9.33. The van der Waals surface area contributed by atoms with Crippen LogP contribution in [0.5, 0.6) is 0 Å². The van der Waals surface area contributed by atoms with Crippen LogP contribution in [0.4, 0.5) is 0 Å². The van der Waals surface area contributed by atoms with Crippen LogP contribution >= 0.6 is 0 Å². The molecular formula is C15H32N2O2. The molecule has 0 spiro atoms. The van der Waals surface area contributed by atoms with Crippen molar-refractivity contribution in [2.24, 2.45) is 5.92 Å². The molecule has 1 saturated carbocycles. The van der Waals surface area contributed by atoms with Crippen molar-refractivity contribution in [3.05, 3.63) is 0 Å². The molecular weight excluding hydrogens is 240 g/mol. The van der Waals surface area contributed by atoms with Crippen LogP contribution in [0.1, 0.15) is 39.5 Å². The van der Waals surface area contributed by atoms with Gasteiger partial charge in [0.15, 0.2) is 0 Å². The molecule has 4 heteroatoms. The molecule has 0 amide bonds. The summed E-state index contributed by atoms with van der Waals surface area (Å²) >= 11 is 0. The first-order valence-electron chi connectivity index (χ1n) is 7.82. The Morgan fingerprint density at radius 2 is 2.16 bits per heavy atom. The van der Waals surface area contributed by atoms with Crippen molar-refractivity contribution < 1.29 is 9.84 Å². The molecule has 0 aromatic heterocycles. The predicted octanol–water partition coefficient (Wildman–Crippen LogP) is 1.49. The smallest absolute Gasteiger partial charge is 0.0615 e. The number of nitrogens with one attached hydrogen (secondary N) is 1. The second-order valence-electron chi connectivity index (χ2n) is 5.57. The fourth-order valence-electron chi connectivity index (χ4n) is 3.29. The van der Waals surface area contributed by atoms with Crippen LogP contribution in [0.25, 0.3) is 0 Å². The highest BCUT2D eigenvalue weighted by molar-refractivity contribution is 4.98. The van der Waals surface area contributed by atoms with Crippen molar-refractivity contribution in [2.75, 3.05) is 46.5 Å². The van der Waals surface area contributed by atoms with E-state index < -0.39 is 0 Å². The van der Waals surface area contributed by atoms with E-state index in [0.29, 0.717) is 5.92 Å². The largest absolute Gasteiger partial charge is 0.394 e. The highest BCUT2D eigenvalue weighted by atomic mass is 16.5. The Labute approximate surface area is 118 Å². The Balaban J connectivity index is 2.36. The van der Waals surface area contributed by atoms with Gasteiger partial charge in [0.05, 0.1) is 13.2 Å². The van der Waals surface area contributed by atoms with Crippen LogP contribution in [0.3, 0.4) is 0 Å². The minimum Gasteiger partial charge on any atom is -0.394 e. The molecule has 1 aliphatic carbocycles. The Hall–Kier alpha value is -0.160. The minimum atomic E-state index is -0.0284. The molecule has 0 radical (unpaired) electrons. The maximum absolute atomic E-state index is 9.69. The summed E-state index contributed by atoms with van der Waals surface area (Å²) in [5.41, 5.74) is -0.0284. The van der Waals surface area contributed by atoms with E-state index >= 15 is 0 Å². The zero-order valence-electron chi connectivity index (χ0n) is 13.0. The van der Waals surface area contributed by atoms with E-state index in [0.717, 1.165) is 39.3 Å². The lowest BCUT2D eigenvalue weighted by Crippen LogP contribution is -2.50. The molecule has 2 atom stereocenters. The van der Waals surface area contributed by atoms with Crippen LogP contribution in [-0.4, -0.2) is 62.0 Å². The van der Waals surface area contributed by atoms with Gasteiger partial charge in [-0.05, 0) is 52.2 Å². The molecule has 0 aromatic carbocycles. The molecule has 4 nitrogen and oxygen atoms in total. The first kappa shape index (κ1) is 16.9. The maximum atomic E-state index is 9.69. The van der Waals surface area contributed by atoms with Crippen LogP contribution in [0, 0.1) is 5.92 Å². The van der Waals surface area contributed by atoms with Gasteiger partial charge in [0.1, 0.15) is 0 Å². The molecule has 1 aliphatic rings. The van der Waals surface area contributed by atoms with Gasteiger partial charge in [-0.1, -0.05) is 13.3 Å². The van der Waals surface area contributed by atoms with E-state index in [4.69, 9.17) is 4.74 Å². The summed E-state index contributed by atoms with van der Waals surface area (Å²) in [7, 11) is 1.99. The third-order valence-corrected chi connectivity index (χ3v) is 4.73. The summed E-state index contributed by atoms with van der Waals surface area (Å²) in [6.07, 6.45) is 4.75. The Kier molecular flexibility index (Phi) is 7.91. The zero-order valence-corrected chi connectivity index (χ0v) is 13.0. The van der Waals surface area contributed by atoms with Crippen molar-refractivity contribution >= 4 is 0 Å². The lowest BCUT2D eigenvalue weighted by molar-refractivity contribution is 0.0984. The monoisotopic (exact) mass is 272 g/mol. The fraction of sp³-hybridized carbons (Fsp3) is 1.00. The second-order valence-corrected chi connectivity index (χ2v) is 5.57. The number of ether oxygens (including phenoxy) is 1. The predicted molar refractivity (Wildman–Crippen MR) is 79.4 cm³/mol. The van der Waals surface area contributed by atoms with E-state index in [-0.39, 0.29) is 12.1 Å². The SMILES string of the molecule is CCOCCN(CC)CCC1CCCC1(CO)NC. The van der Waals surface area contributed by atoms with Crippen LogP contribution in [0.2, 0.25) is 0 Å². The van der Waals surface area contributed by atoms with Gasteiger partial charge in [-0.3, -0.25) is 0 Å². The average molecular weight is 272 g/mol. The minimum absolute atomic E-state index is 0.0284. The third kappa shape index (κ3) is 4.71. The van der Waals surface area contributed by atoms with Crippen molar-refractivity contribution in [2.45, 2.75) is 45.1 Å². The number of aliphatic hydroxyl groups is 1. The molecule has 114 valence electrons. The van der Waals surface area contributed by atoms with Crippen molar-refractivity contribution in [3.8, 4) is 0 Å².